The van der Waals surface area contributed by atoms with Crippen LogP contribution in [0, 0.1) is 17.1 Å². The molecule has 0 fully saturated rings. The molecule has 1 aliphatic heterocycles. The molecule has 1 amide bonds. The van der Waals surface area contributed by atoms with Crippen molar-refractivity contribution in [2.75, 3.05) is 5.32 Å². The number of sulfonamides is 1. The summed E-state index contributed by atoms with van der Waals surface area (Å²) in [5.74, 6) is -1.40. The van der Waals surface area contributed by atoms with E-state index in [-0.39, 0.29) is 13.0 Å². The molecule has 0 bridgehead atoms. The lowest BCUT2D eigenvalue weighted by atomic mass is 9.95. The first-order valence-electron chi connectivity index (χ1n) is 9.54. The van der Waals surface area contributed by atoms with Gasteiger partial charge in [-0.25, -0.2) is 12.8 Å². The summed E-state index contributed by atoms with van der Waals surface area (Å²) in [5, 5.41) is 11.6. The maximum atomic E-state index is 14.3. The van der Waals surface area contributed by atoms with Crippen molar-refractivity contribution in [3.63, 3.8) is 0 Å². The molecule has 1 unspecified atom stereocenters. The van der Waals surface area contributed by atoms with Gasteiger partial charge in [-0.05, 0) is 53.9 Å². The fourth-order valence-electron chi connectivity index (χ4n) is 3.61. The Morgan fingerprint density at radius 3 is 2.32 bits per heavy atom. The summed E-state index contributed by atoms with van der Waals surface area (Å²) in [6.07, 6.45) is 0.159. The maximum absolute atomic E-state index is 14.3. The van der Waals surface area contributed by atoms with Crippen molar-refractivity contribution >= 4 is 21.6 Å². The minimum atomic E-state index is -4.28. The van der Waals surface area contributed by atoms with E-state index in [1.165, 1.54) is 18.2 Å². The molecule has 0 spiro atoms. The number of anilines is 1. The molecule has 1 aliphatic rings. The van der Waals surface area contributed by atoms with Gasteiger partial charge < -0.3 is 5.32 Å². The monoisotopic (exact) mass is 435 g/mol. The summed E-state index contributed by atoms with van der Waals surface area (Å²) in [7, 11) is -4.28. The largest absolute Gasteiger partial charge is 0.325 e. The van der Waals surface area contributed by atoms with E-state index in [1.807, 2.05) is 18.2 Å². The molecule has 0 aliphatic carbocycles. The Bertz CT molecular complexity index is 1280. The summed E-state index contributed by atoms with van der Waals surface area (Å²) >= 11 is 0. The molecule has 0 radical (unpaired) electrons. The fourth-order valence-corrected chi connectivity index (χ4v) is 5.24. The molecule has 3 aromatic rings. The number of benzene rings is 3. The summed E-state index contributed by atoms with van der Waals surface area (Å²) in [4.78, 5) is 12.7. The Morgan fingerprint density at radius 1 is 1.00 bits per heavy atom. The minimum Gasteiger partial charge on any atom is -0.325 e. The van der Waals surface area contributed by atoms with E-state index in [1.54, 1.807) is 36.4 Å². The number of rotatable bonds is 4. The molecule has 4 rings (SSSR count). The number of carbonyl (C=O) groups excluding carboxylic acids is 1. The molecule has 0 saturated heterocycles. The Labute approximate surface area is 179 Å². The van der Waals surface area contributed by atoms with Crippen molar-refractivity contribution in [3.05, 3.63) is 95.3 Å². The molecule has 0 saturated carbocycles. The van der Waals surface area contributed by atoms with Crippen molar-refractivity contribution in [3.8, 4) is 6.07 Å². The minimum absolute atomic E-state index is 0.0434. The number of amides is 1. The second kappa shape index (κ2) is 8.30. The van der Waals surface area contributed by atoms with Gasteiger partial charge in [-0.1, -0.05) is 36.4 Å². The van der Waals surface area contributed by atoms with Crippen LogP contribution in [0.3, 0.4) is 0 Å². The van der Waals surface area contributed by atoms with Gasteiger partial charge in [0.25, 0.3) is 0 Å². The van der Waals surface area contributed by atoms with Crippen LogP contribution in [-0.4, -0.2) is 24.7 Å². The lowest BCUT2D eigenvalue weighted by Crippen LogP contribution is -2.50. The zero-order valence-corrected chi connectivity index (χ0v) is 17.1. The average Bonchev–Trinajstić information content (AvgIpc) is 2.79. The van der Waals surface area contributed by atoms with Gasteiger partial charge in [-0.15, -0.1) is 0 Å². The summed E-state index contributed by atoms with van der Waals surface area (Å²) in [6, 6.07) is 19.6. The van der Waals surface area contributed by atoms with Crippen molar-refractivity contribution in [2.45, 2.75) is 23.9 Å². The van der Waals surface area contributed by atoms with E-state index < -0.39 is 32.7 Å². The summed E-state index contributed by atoms with van der Waals surface area (Å²) in [6.45, 7) is -0.0434. The summed E-state index contributed by atoms with van der Waals surface area (Å²) in [5.41, 5.74) is 2.51. The Hall–Kier alpha value is -3.54. The molecule has 0 aromatic heterocycles. The van der Waals surface area contributed by atoms with Gasteiger partial charge >= 0.3 is 0 Å². The van der Waals surface area contributed by atoms with Gasteiger partial charge in [-0.2, -0.15) is 9.57 Å². The summed E-state index contributed by atoms with van der Waals surface area (Å²) < 4.78 is 42.1. The average molecular weight is 435 g/mol. The first kappa shape index (κ1) is 20.7. The van der Waals surface area contributed by atoms with Crippen LogP contribution >= 0.6 is 0 Å². The third-order valence-electron chi connectivity index (χ3n) is 5.21. The number of hydrogen-bond donors (Lipinski definition) is 1. The number of hydrogen-bond acceptors (Lipinski definition) is 4. The van der Waals surface area contributed by atoms with Gasteiger partial charge in [0.2, 0.25) is 15.9 Å². The maximum Gasteiger partial charge on any atom is 0.247 e. The molecule has 1 heterocycles. The van der Waals surface area contributed by atoms with E-state index in [9.17, 15) is 17.6 Å². The van der Waals surface area contributed by atoms with Crippen molar-refractivity contribution in [1.29, 1.82) is 5.26 Å². The Balaban J connectivity index is 1.71. The van der Waals surface area contributed by atoms with Crippen LogP contribution in [0.15, 0.2) is 77.7 Å². The quantitative estimate of drug-likeness (QED) is 0.680. The standard InChI is InChI=1S/C23H18FN3O3S/c24-20-7-3-4-8-22(20)31(29,30)27-15-18-6-2-1-5-17(18)13-21(27)23(28)26-19-11-9-16(14-25)10-12-19/h1-12,21H,13,15H2,(H,26,28). The Kier molecular flexibility index (Phi) is 5.55. The predicted octanol–water partition coefficient (Wildman–Crippen LogP) is 3.45. The van der Waals surface area contributed by atoms with E-state index >= 15 is 0 Å². The van der Waals surface area contributed by atoms with E-state index in [0.29, 0.717) is 11.3 Å². The van der Waals surface area contributed by atoms with E-state index in [2.05, 4.69) is 5.32 Å². The van der Waals surface area contributed by atoms with Crippen LogP contribution in [0.4, 0.5) is 10.1 Å². The fraction of sp³-hybridized carbons (Fsp3) is 0.130. The Morgan fingerprint density at radius 2 is 1.65 bits per heavy atom. The zero-order valence-electron chi connectivity index (χ0n) is 16.3. The molecule has 1 atom stereocenters. The normalized spacial score (nSPS) is 16.2. The van der Waals surface area contributed by atoms with E-state index in [0.717, 1.165) is 21.5 Å². The molecule has 8 heteroatoms. The number of carbonyl (C=O) groups is 1. The third-order valence-corrected chi connectivity index (χ3v) is 7.10. The molecule has 6 nitrogen and oxygen atoms in total. The van der Waals surface area contributed by atoms with Crippen molar-refractivity contribution in [2.24, 2.45) is 0 Å². The van der Waals surface area contributed by atoms with Gasteiger partial charge in [0, 0.05) is 12.2 Å². The third kappa shape index (κ3) is 4.06. The van der Waals surface area contributed by atoms with Crippen LogP contribution in [0.2, 0.25) is 0 Å². The van der Waals surface area contributed by atoms with Crippen molar-refractivity contribution in [1.82, 2.24) is 4.31 Å². The predicted molar refractivity (Wildman–Crippen MR) is 113 cm³/mol. The van der Waals surface area contributed by atoms with Gasteiger partial charge in [0.1, 0.15) is 16.8 Å². The van der Waals surface area contributed by atoms with Crippen LogP contribution in [-0.2, 0) is 27.8 Å². The van der Waals surface area contributed by atoms with Gasteiger partial charge in [0.05, 0.1) is 11.6 Å². The number of nitriles is 1. The van der Waals surface area contributed by atoms with Crippen LogP contribution in [0.25, 0.3) is 0 Å². The highest BCUT2D eigenvalue weighted by molar-refractivity contribution is 7.89. The van der Waals surface area contributed by atoms with Crippen molar-refractivity contribution < 1.29 is 17.6 Å². The highest BCUT2D eigenvalue weighted by Crippen LogP contribution is 2.30. The lowest BCUT2D eigenvalue weighted by Gasteiger charge is -2.35. The molecular formula is C23H18FN3O3S. The first-order chi connectivity index (χ1) is 14.9. The zero-order chi connectivity index (χ0) is 22.0. The lowest BCUT2D eigenvalue weighted by molar-refractivity contribution is -0.120. The second-order valence-corrected chi connectivity index (χ2v) is 9.01. The molecule has 1 N–H and O–H groups in total. The van der Waals surface area contributed by atoms with Gasteiger partial charge in [-0.3, -0.25) is 4.79 Å². The number of fused-ring (bicyclic) bond motifs is 1. The molecule has 3 aromatic carbocycles. The molecular weight excluding hydrogens is 417 g/mol. The topological polar surface area (TPSA) is 90.3 Å². The van der Waals surface area contributed by atoms with Crippen LogP contribution < -0.4 is 5.32 Å². The number of halogens is 1. The molecule has 156 valence electrons. The van der Waals surface area contributed by atoms with E-state index in [4.69, 9.17) is 5.26 Å². The number of nitrogens with one attached hydrogen (secondary N) is 1. The van der Waals surface area contributed by atoms with Crippen LogP contribution in [0.1, 0.15) is 16.7 Å². The smallest absolute Gasteiger partial charge is 0.247 e. The number of nitrogens with zero attached hydrogens (tertiary/aromatic N) is 2. The van der Waals surface area contributed by atoms with Crippen LogP contribution in [0.5, 0.6) is 0 Å². The SMILES string of the molecule is N#Cc1ccc(NC(=O)C2Cc3ccccc3CN2S(=O)(=O)c2ccccc2F)cc1. The highest BCUT2D eigenvalue weighted by atomic mass is 32.2. The second-order valence-electron chi connectivity index (χ2n) is 7.15. The van der Waals surface area contributed by atoms with Gasteiger partial charge in [0.15, 0.2) is 0 Å². The highest BCUT2D eigenvalue weighted by Gasteiger charge is 2.40. The first-order valence-corrected chi connectivity index (χ1v) is 11.0. The molecule has 31 heavy (non-hydrogen) atoms.